The minimum Gasteiger partial charge on any atom is -0.355 e. The van der Waals surface area contributed by atoms with E-state index in [1.54, 1.807) is 0 Å². The standard InChI is InChI=1S/C14H24N4O3S/c1-4-7-17-10-12(13(19)15-3)14(16-17)22(20,21)18-8-5-11(2)6-9-18/h10-11H,4-9H2,1-3H3,(H,15,19). The molecule has 1 saturated heterocycles. The van der Waals surface area contributed by atoms with E-state index in [1.165, 1.54) is 22.2 Å². The van der Waals surface area contributed by atoms with Crippen LogP contribution in [0.15, 0.2) is 11.2 Å². The fourth-order valence-electron chi connectivity index (χ4n) is 2.58. The van der Waals surface area contributed by atoms with Gasteiger partial charge in [0, 0.05) is 32.9 Å². The fraction of sp³-hybridized carbons (Fsp3) is 0.714. The van der Waals surface area contributed by atoms with E-state index in [-0.39, 0.29) is 10.6 Å². The number of piperidine rings is 1. The van der Waals surface area contributed by atoms with Crippen LogP contribution in [0.4, 0.5) is 0 Å². The monoisotopic (exact) mass is 328 g/mol. The largest absolute Gasteiger partial charge is 0.355 e. The van der Waals surface area contributed by atoms with Gasteiger partial charge in [-0.05, 0) is 25.2 Å². The summed E-state index contributed by atoms with van der Waals surface area (Å²) in [5, 5.41) is 6.52. The van der Waals surface area contributed by atoms with E-state index in [0.717, 1.165) is 19.3 Å². The number of hydrogen-bond donors (Lipinski definition) is 1. The van der Waals surface area contributed by atoms with Crippen LogP contribution in [0.2, 0.25) is 0 Å². The Kier molecular flexibility index (Phi) is 5.23. The van der Waals surface area contributed by atoms with Gasteiger partial charge in [0.05, 0.1) is 5.56 Å². The first-order valence-corrected chi connectivity index (χ1v) is 9.13. The first-order valence-electron chi connectivity index (χ1n) is 7.69. The molecule has 2 rings (SSSR count). The van der Waals surface area contributed by atoms with Crippen LogP contribution < -0.4 is 5.32 Å². The molecule has 1 fully saturated rings. The van der Waals surface area contributed by atoms with Gasteiger partial charge in [-0.3, -0.25) is 9.48 Å². The molecular formula is C14H24N4O3S. The molecule has 0 unspecified atom stereocenters. The number of carbonyl (C=O) groups is 1. The van der Waals surface area contributed by atoms with Crippen molar-refractivity contribution in [1.29, 1.82) is 0 Å². The molecule has 1 aromatic heterocycles. The van der Waals surface area contributed by atoms with E-state index in [2.05, 4.69) is 17.3 Å². The third-order valence-electron chi connectivity index (χ3n) is 3.98. The van der Waals surface area contributed by atoms with Crippen LogP contribution >= 0.6 is 0 Å². The van der Waals surface area contributed by atoms with Gasteiger partial charge < -0.3 is 5.32 Å². The van der Waals surface area contributed by atoms with Crippen molar-refractivity contribution in [2.75, 3.05) is 20.1 Å². The minimum atomic E-state index is -3.73. The van der Waals surface area contributed by atoms with E-state index < -0.39 is 15.9 Å². The van der Waals surface area contributed by atoms with Gasteiger partial charge in [-0.15, -0.1) is 0 Å². The quantitative estimate of drug-likeness (QED) is 0.876. The summed E-state index contributed by atoms with van der Waals surface area (Å²) in [5.74, 6) is 0.105. The summed E-state index contributed by atoms with van der Waals surface area (Å²) in [6.45, 7) is 5.64. The summed E-state index contributed by atoms with van der Waals surface area (Å²) >= 11 is 0. The maximum atomic E-state index is 12.8. The number of amides is 1. The number of rotatable bonds is 5. The second-order valence-electron chi connectivity index (χ2n) is 5.78. The van der Waals surface area contributed by atoms with Gasteiger partial charge in [-0.25, -0.2) is 8.42 Å². The van der Waals surface area contributed by atoms with Crippen LogP contribution in [0, 0.1) is 5.92 Å². The lowest BCUT2D eigenvalue weighted by Gasteiger charge is -2.28. The smallest absolute Gasteiger partial charge is 0.263 e. The van der Waals surface area contributed by atoms with Crippen molar-refractivity contribution >= 4 is 15.9 Å². The molecule has 0 bridgehead atoms. The van der Waals surface area contributed by atoms with Crippen molar-refractivity contribution in [2.45, 2.75) is 44.7 Å². The Morgan fingerprint density at radius 3 is 2.59 bits per heavy atom. The first kappa shape index (κ1) is 17.0. The van der Waals surface area contributed by atoms with Crippen molar-refractivity contribution in [3.63, 3.8) is 0 Å². The van der Waals surface area contributed by atoms with Gasteiger partial charge in [-0.1, -0.05) is 13.8 Å². The molecular weight excluding hydrogens is 304 g/mol. The van der Waals surface area contributed by atoms with Gasteiger partial charge >= 0.3 is 0 Å². The maximum Gasteiger partial charge on any atom is 0.263 e. The highest BCUT2D eigenvalue weighted by Crippen LogP contribution is 2.24. The lowest BCUT2D eigenvalue weighted by molar-refractivity contribution is 0.0959. The summed E-state index contributed by atoms with van der Waals surface area (Å²) < 4.78 is 28.6. The molecule has 1 aliphatic rings. The van der Waals surface area contributed by atoms with Crippen LogP contribution in [-0.4, -0.2) is 48.5 Å². The van der Waals surface area contributed by atoms with Gasteiger partial charge in [0.15, 0.2) is 0 Å². The van der Waals surface area contributed by atoms with Crippen molar-refractivity contribution in [2.24, 2.45) is 5.92 Å². The molecule has 1 aromatic rings. The molecule has 0 saturated carbocycles. The molecule has 1 aliphatic heterocycles. The number of carbonyl (C=O) groups excluding carboxylic acids is 1. The lowest BCUT2D eigenvalue weighted by Crippen LogP contribution is -2.39. The molecule has 1 N–H and O–H groups in total. The van der Waals surface area contributed by atoms with Crippen LogP contribution in [0.5, 0.6) is 0 Å². The molecule has 7 nitrogen and oxygen atoms in total. The zero-order valence-corrected chi connectivity index (χ0v) is 14.2. The molecule has 1 amide bonds. The van der Waals surface area contributed by atoms with E-state index >= 15 is 0 Å². The van der Waals surface area contributed by atoms with E-state index in [4.69, 9.17) is 0 Å². The summed E-state index contributed by atoms with van der Waals surface area (Å²) in [6, 6.07) is 0. The zero-order valence-electron chi connectivity index (χ0n) is 13.4. The number of nitrogens with zero attached hydrogens (tertiary/aromatic N) is 3. The fourth-order valence-corrected chi connectivity index (χ4v) is 4.14. The first-order chi connectivity index (χ1) is 10.4. The van der Waals surface area contributed by atoms with E-state index in [0.29, 0.717) is 25.6 Å². The Bertz CT molecular complexity index is 631. The maximum absolute atomic E-state index is 12.8. The van der Waals surface area contributed by atoms with Crippen molar-refractivity contribution in [1.82, 2.24) is 19.4 Å². The van der Waals surface area contributed by atoms with Crippen molar-refractivity contribution < 1.29 is 13.2 Å². The van der Waals surface area contributed by atoms with Crippen LogP contribution in [-0.2, 0) is 16.6 Å². The molecule has 124 valence electrons. The Hall–Kier alpha value is -1.41. The predicted molar refractivity (Wildman–Crippen MR) is 83.1 cm³/mol. The average Bonchev–Trinajstić information content (AvgIpc) is 2.92. The summed E-state index contributed by atoms with van der Waals surface area (Å²) in [7, 11) is -2.24. The molecule has 8 heteroatoms. The average molecular weight is 328 g/mol. The van der Waals surface area contributed by atoms with Crippen LogP contribution in [0.3, 0.4) is 0 Å². The number of aromatic nitrogens is 2. The molecule has 22 heavy (non-hydrogen) atoms. The summed E-state index contributed by atoms with van der Waals surface area (Å²) in [4.78, 5) is 12.0. The van der Waals surface area contributed by atoms with Crippen LogP contribution in [0.25, 0.3) is 0 Å². The molecule has 0 atom stereocenters. The summed E-state index contributed by atoms with van der Waals surface area (Å²) in [5.41, 5.74) is 0.120. The van der Waals surface area contributed by atoms with Crippen molar-refractivity contribution in [3.05, 3.63) is 11.8 Å². The zero-order chi connectivity index (χ0) is 16.3. The third-order valence-corrected chi connectivity index (χ3v) is 5.81. The third kappa shape index (κ3) is 3.33. The van der Waals surface area contributed by atoms with E-state index in [1.807, 2.05) is 6.92 Å². The number of aryl methyl sites for hydroxylation is 1. The second kappa shape index (κ2) is 6.78. The normalized spacial score (nSPS) is 17.6. The Labute approximate surface area is 131 Å². The second-order valence-corrected chi connectivity index (χ2v) is 7.63. The SMILES string of the molecule is CCCn1cc(C(=O)NC)c(S(=O)(=O)N2CCC(C)CC2)n1. The molecule has 0 aliphatic carbocycles. The summed E-state index contributed by atoms with van der Waals surface area (Å²) in [6.07, 6.45) is 4.01. The predicted octanol–water partition coefficient (Wildman–Crippen LogP) is 1.07. The number of hydrogen-bond acceptors (Lipinski definition) is 4. The van der Waals surface area contributed by atoms with Crippen LogP contribution in [0.1, 0.15) is 43.5 Å². The lowest BCUT2D eigenvalue weighted by atomic mass is 10.0. The topological polar surface area (TPSA) is 84.3 Å². The Balaban J connectivity index is 2.38. The highest BCUT2D eigenvalue weighted by Gasteiger charge is 2.34. The number of nitrogens with one attached hydrogen (secondary N) is 1. The molecule has 2 heterocycles. The Morgan fingerprint density at radius 2 is 2.05 bits per heavy atom. The van der Waals surface area contributed by atoms with Crippen molar-refractivity contribution in [3.8, 4) is 0 Å². The van der Waals surface area contributed by atoms with Gasteiger partial charge in [-0.2, -0.15) is 9.40 Å². The highest BCUT2D eigenvalue weighted by atomic mass is 32.2. The Morgan fingerprint density at radius 1 is 1.41 bits per heavy atom. The number of sulfonamides is 1. The van der Waals surface area contributed by atoms with E-state index in [9.17, 15) is 13.2 Å². The van der Waals surface area contributed by atoms with Gasteiger partial charge in [0.2, 0.25) is 5.03 Å². The molecule has 0 aromatic carbocycles. The van der Waals surface area contributed by atoms with Gasteiger partial charge in [0.1, 0.15) is 0 Å². The molecule has 0 spiro atoms. The van der Waals surface area contributed by atoms with Gasteiger partial charge in [0.25, 0.3) is 15.9 Å². The highest BCUT2D eigenvalue weighted by molar-refractivity contribution is 7.89. The minimum absolute atomic E-state index is 0.120. The molecule has 0 radical (unpaired) electrons.